The van der Waals surface area contributed by atoms with E-state index in [4.69, 9.17) is 4.18 Å². The normalized spacial score (nSPS) is 36.4. The first kappa shape index (κ1) is 21.8. The third-order valence-corrected chi connectivity index (χ3v) is 9.66. The number of benzene rings is 1. The van der Waals surface area contributed by atoms with Crippen LogP contribution in [0.5, 0.6) is 0 Å². The molecule has 3 aliphatic rings. The number of hydrogen-bond acceptors (Lipinski definition) is 3. The zero-order chi connectivity index (χ0) is 21.5. The summed E-state index contributed by atoms with van der Waals surface area (Å²) in [6, 6.07) is 8.52. The quantitative estimate of drug-likeness (QED) is 0.403. The molecule has 4 heteroatoms. The average molecular weight is 429 g/mol. The highest BCUT2D eigenvalue weighted by Gasteiger charge is 2.47. The second-order valence-corrected chi connectivity index (χ2v) is 11.9. The van der Waals surface area contributed by atoms with Crippen LogP contribution >= 0.6 is 0 Å². The van der Waals surface area contributed by atoms with Gasteiger partial charge in [-0.25, -0.2) is 0 Å². The van der Waals surface area contributed by atoms with Gasteiger partial charge in [0, 0.05) is 0 Å². The molecule has 0 bridgehead atoms. The van der Waals surface area contributed by atoms with Crippen LogP contribution in [0.25, 0.3) is 0 Å². The van der Waals surface area contributed by atoms with Crippen molar-refractivity contribution in [2.45, 2.75) is 64.2 Å². The minimum atomic E-state index is -3.68. The highest BCUT2D eigenvalue weighted by molar-refractivity contribution is 7.86. The van der Waals surface area contributed by atoms with Gasteiger partial charge in [-0.05, 0) is 92.6 Å². The Morgan fingerprint density at radius 3 is 2.60 bits per heavy atom. The molecule has 0 amide bonds. The van der Waals surface area contributed by atoms with Crippen LogP contribution in [-0.2, 0) is 14.3 Å². The minimum absolute atomic E-state index is 0.227. The van der Waals surface area contributed by atoms with Gasteiger partial charge in [-0.1, -0.05) is 55.8 Å². The van der Waals surface area contributed by atoms with Crippen molar-refractivity contribution in [3.05, 3.63) is 54.1 Å². The first-order valence-corrected chi connectivity index (χ1v) is 12.9. The summed E-state index contributed by atoms with van der Waals surface area (Å²) in [7, 11) is -3.68. The average Bonchev–Trinajstić information content (AvgIpc) is 2.73. The maximum atomic E-state index is 12.6. The van der Waals surface area contributed by atoms with Gasteiger partial charge in [-0.3, -0.25) is 4.18 Å². The van der Waals surface area contributed by atoms with Crippen LogP contribution in [-0.4, -0.2) is 15.0 Å². The summed E-state index contributed by atoms with van der Waals surface area (Å²) in [5.41, 5.74) is 3.19. The molecule has 1 aromatic carbocycles. The molecule has 0 radical (unpaired) electrons. The van der Waals surface area contributed by atoms with Crippen molar-refractivity contribution in [1.82, 2.24) is 0 Å². The standard InChI is InChI=1S/C26H36O3S/c1-18(2)26(4)15-14-24-20(16-26)12-13-23-21(11-10-19(3)25(23)24)17-29-30(27,28)22-8-6-5-7-9-22/h5-9,14,19-21,23,25H,1,10-13,15-17H2,2-4H3/t19?,20?,21-,23?,25+,26-/m1/s1. The van der Waals surface area contributed by atoms with Crippen molar-refractivity contribution in [2.24, 2.45) is 35.0 Å². The fourth-order valence-electron chi connectivity index (χ4n) is 6.29. The summed E-state index contributed by atoms with van der Waals surface area (Å²) < 4.78 is 30.8. The van der Waals surface area contributed by atoms with Crippen molar-refractivity contribution in [3.8, 4) is 0 Å². The minimum Gasteiger partial charge on any atom is -0.266 e. The molecule has 6 atom stereocenters. The van der Waals surface area contributed by atoms with Gasteiger partial charge in [0.15, 0.2) is 0 Å². The topological polar surface area (TPSA) is 43.4 Å². The lowest BCUT2D eigenvalue weighted by molar-refractivity contribution is 0.0423. The molecule has 2 fully saturated rings. The van der Waals surface area contributed by atoms with Crippen LogP contribution in [0.15, 0.2) is 59.0 Å². The van der Waals surface area contributed by atoms with Crippen LogP contribution < -0.4 is 0 Å². The van der Waals surface area contributed by atoms with Gasteiger partial charge < -0.3 is 0 Å². The van der Waals surface area contributed by atoms with E-state index in [1.165, 1.54) is 24.8 Å². The van der Waals surface area contributed by atoms with Gasteiger partial charge in [0.1, 0.15) is 0 Å². The molecule has 3 nitrogen and oxygen atoms in total. The lowest BCUT2D eigenvalue weighted by atomic mass is 9.53. The summed E-state index contributed by atoms with van der Waals surface area (Å²) in [5, 5.41) is 0. The Hall–Kier alpha value is -1.39. The van der Waals surface area contributed by atoms with Crippen molar-refractivity contribution in [1.29, 1.82) is 0 Å². The summed E-state index contributed by atoms with van der Waals surface area (Å²) in [4.78, 5) is 0.253. The third kappa shape index (κ3) is 4.05. The highest BCUT2D eigenvalue weighted by atomic mass is 32.2. The molecule has 0 saturated heterocycles. The Labute approximate surface area is 182 Å². The van der Waals surface area contributed by atoms with Crippen molar-refractivity contribution < 1.29 is 12.6 Å². The van der Waals surface area contributed by atoms with E-state index in [2.05, 4.69) is 33.4 Å². The van der Waals surface area contributed by atoms with Gasteiger partial charge >= 0.3 is 0 Å². The first-order chi connectivity index (χ1) is 14.2. The molecular weight excluding hydrogens is 392 g/mol. The Balaban J connectivity index is 1.50. The summed E-state index contributed by atoms with van der Waals surface area (Å²) in [6.07, 6.45) is 9.45. The van der Waals surface area contributed by atoms with Gasteiger partial charge in [-0.2, -0.15) is 8.42 Å². The van der Waals surface area contributed by atoms with E-state index in [0.717, 1.165) is 19.3 Å². The molecule has 164 valence electrons. The Morgan fingerprint density at radius 2 is 1.90 bits per heavy atom. The SMILES string of the molecule is C=C(C)[C@]1(C)CC=C2C(CCC3[C@@H](COS(=O)(=O)c4ccccc4)CCC(C)[C@H]23)C1. The predicted octanol–water partition coefficient (Wildman–Crippen LogP) is 6.38. The number of fused-ring (bicyclic) bond motifs is 3. The van der Waals surface area contributed by atoms with E-state index < -0.39 is 10.1 Å². The molecule has 3 unspecified atom stereocenters. The third-order valence-electron chi connectivity index (χ3n) is 8.36. The molecule has 0 spiro atoms. The molecule has 2 saturated carbocycles. The molecule has 0 aliphatic heterocycles. The van der Waals surface area contributed by atoms with Crippen molar-refractivity contribution in [3.63, 3.8) is 0 Å². The summed E-state index contributed by atoms with van der Waals surface area (Å²) in [5.74, 6) is 2.77. The molecule has 0 N–H and O–H groups in total. The maximum Gasteiger partial charge on any atom is 0.296 e. The van der Waals surface area contributed by atoms with Crippen LogP contribution in [0.4, 0.5) is 0 Å². The largest absolute Gasteiger partial charge is 0.296 e. The number of allylic oxidation sites excluding steroid dienone is 3. The Kier molecular flexibility index (Phi) is 6.02. The van der Waals surface area contributed by atoms with E-state index in [-0.39, 0.29) is 10.3 Å². The molecule has 4 rings (SSSR count). The van der Waals surface area contributed by atoms with E-state index in [1.807, 2.05) is 6.07 Å². The van der Waals surface area contributed by atoms with E-state index in [1.54, 1.807) is 29.8 Å². The Bertz CT molecular complexity index is 917. The molecule has 30 heavy (non-hydrogen) atoms. The Morgan fingerprint density at radius 1 is 1.17 bits per heavy atom. The second-order valence-electron chi connectivity index (χ2n) is 10.3. The summed E-state index contributed by atoms with van der Waals surface area (Å²) in [6.45, 7) is 11.5. The fourth-order valence-corrected chi connectivity index (χ4v) is 7.27. The van der Waals surface area contributed by atoms with Gasteiger partial charge in [-0.15, -0.1) is 0 Å². The smallest absolute Gasteiger partial charge is 0.266 e. The van der Waals surface area contributed by atoms with Crippen molar-refractivity contribution >= 4 is 10.1 Å². The van der Waals surface area contributed by atoms with Crippen LogP contribution in [0, 0.1) is 35.0 Å². The lowest BCUT2D eigenvalue weighted by Gasteiger charge is -2.52. The van der Waals surface area contributed by atoms with Gasteiger partial charge in [0.2, 0.25) is 0 Å². The maximum absolute atomic E-state index is 12.6. The van der Waals surface area contributed by atoms with Crippen LogP contribution in [0.2, 0.25) is 0 Å². The first-order valence-electron chi connectivity index (χ1n) is 11.5. The molecule has 3 aliphatic carbocycles. The van der Waals surface area contributed by atoms with Crippen LogP contribution in [0.3, 0.4) is 0 Å². The zero-order valence-electron chi connectivity index (χ0n) is 18.6. The number of rotatable bonds is 5. The molecule has 1 aromatic rings. The summed E-state index contributed by atoms with van der Waals surface area (Å²) >= 11 is 0. The van der Waals surface area contributed by atoms with Crippen molar-refractivity contribution in [2.75, 3.05) is 6.61 Å². The monoisotopic (exact) mass is 428 g/mol. The zero-order valence-corrected chi connectivity index (χ0v) is 19.5. The highest BCUT2D eigenvalue weighted by Crippen LogP contribution is 2.56. The van der Waals surface area contributed by atoms with E-state index >= 15 is 0 Å². The predicted molar refractivity (Wildman–Crippen MR) is 121 cm³/mol. The lowest BCUT2D eigenvalue weighted by Crippen LogP contribution is -2.43. The van der Waals surface area contributed by atoms with E-state index in [9.17, 15) is 8.42 Å². The van der Waals surface area contributed by atoms with E-state index in [0.29, 0.717) is 36.2 Å². The van der Waals surface area contributed by atoms with Crippen LogP contribution in [0.1, 0.15) is 59.3 Å². The second kappa shape index (κ2) is 8.27. The molecule has 0 aromatic heterocycles. The molecule has 0 heterocycles. The van der Waals surface area contributed by atoms with Gasteiger partial charge in [0.25, 0.3) is 10.1 Å². The van der Waals surface area contributed by atoms with Gasteiger partial charge in [0.05, 0.1) is 11.5 Å². The number of hydrogen-bond donors (Lipinski definition) is 0. The molecular formula is C26H36O3S. The fraction of sp³-hybridized carbons (Fsp3) is 0.615.